The molecule has 0 aromatic rings. The van der Waals surface area contributed by atoms with Gasteiger partial charge in [-0.3, -0.25) is 13.9 Å². The van der Waals surface area contributed by atoms with E-state index in [-0.39, 0.29) is 0 Å². The van der Waals surface area contributed by atoms with Crippen molar-refractivity contribution in [2.24, 2.45) is 0 Å². The fourth-order valence-corrected chi connectivity index (χ4v) is 0. The van der Waals surface area contributed by atoms with Crippen LogP contribution >= 0.6 is 11.6 Å². The van der Waals surface area contributed by atoms with Gasteiger partial charge in [-0.15, -0.1) is 0 Å². The molecule has 5 nitrogen and oxygen atoms in total. The molecule has 0 aromatic carbocycles. The molecule has 0 heterocycles. The third-order valence-corrected chi connectivity index (χ3v) is 0.658. The van der Waals surface area contributed by atoms with Crippen molar-refractivity contribution < 1.29 is 22.3 Å². The zero-order chi connectivity index (χ0) is 9.65. The van der Waals surface area contributed by atoms with Crippen molar-refractivity contribution in [3.63, 3.8) is 0 Å². The average molecular weight is 203 g/mol. The van der Waals surface area contributed by atoms with E-state index in [0.717, 1.165) is 0 Å². The lowest BCUT2D eigenvalue weighted by molar-refractivity contribution is -0.108. The van der Waals surface area contributed by atoms with E-state index >= 15 is 0 Å². The molecule has 2 N–H and O–H groups in total. The second-order valence-electron chi connectivity index (χ2n) is 1.50. The highest BCUT2D eigenvalue weighted by Gasteiger charge is 1.89. The van der Waals surface area contributed by atoms with E-state index in [1.54, 1.807) is 6.92 Å². The number of carbonyl (C=O) groups excluding carboxylic acids is 1. The number of hydrogen-bond acceptors (Lipinski definition) is 3. The maximum Gasteiger partial charge on any atom is 0.394 e. The maximum absolute atomic E-state index is 9.81. The Morgan fingerprint density at radius 2 is 1.55 bits per heavy atom. The highest BCUT2D eigenvalue weighted by Crippen LogP contribution is 1.91. The van der Waals surface area contributed by atoms with E-state index in [1.165, 1.54) is 0 Å². The minimum atomic E-state index is -4.67. The molecule has 0 bridgehead atoms. The van der Waals surface area contributed by atoms with Crippen molar-refractivity contribution in [3.8, 4) is 0 Å². The van der Waals surface area contributed by atoms with E-state index in [1.807, 2.05) is 0 Å². The predicted molar refractivity (Wildman–Crippen MR) is 39.9 cm³/mol. The Kier molecular flexibility index (Phi) is 6.29. The first-order chi connectivity index (χ1) is 4.64. The fourth-order valence-electron chi connectivity index (χ4n) is 0. The Morgan fingerprint density at radius 3 is 1.55 bits per heavy atom. The molecule has 0 fully saturated rings. The van der Waals surface area contributed by atoms with Crippen LogP contribution in [0.15, 0.2) is 12.2 Å². The van der Waals surface area contributed by atoms with Crippen molar-refractivity contribution >= 4 is 27.2 Å². The topological polar surface area (TPSA) is 91.7 Å². The van der Waals surface area contributed by atoms with E-state index < -0.39 is 15.6 Å². The van der Waals surface area contributed by atoms with Gasteiger partial charge in [-0.2, -0.15) is 8.42 Å². The number of hydrogen-bond donors (Lipinski definition) is 2. The standard InChI is InChI=1S/C4H5ClO.H2O4S/c1-3(2)4(5)6;1-5(2,3)4/h1H2,2H3;(H2,1,2,3,4). The lowest BCUT2D eigenvalue weighted by Gasteiger charge is -1.77. The van der Waals surface area contributed by atoms with Crippen LogP contribution in [0.2, 0.25) is 0 Å². The Morgan fingerprint density at radius 1 is 1.45 bits per heavy atom. The minimum absolute atomic E-state index is 0.386. The summed E-state index contributed by atoms with van der Waals surface area (Å²) in [6.45, 7) is 4.84. The summed E-state index contributed by atoms with van der Waals surface area (Å²) in [4.78, 5) is 9.81. The van der Waals surface area contributed by atoms with Crippen molar-refractivity contribution in [1.29, 1.82) is 0 Å². The minimum Gasteiger partial charge on any atom is -0.276 e. The van der Waals surface area contributed by atoms with Crippen molar-refractivity contribution in [1.82, 2.24) is 0 Å². The summed E-state index contributed by atoms with van der Waals surface area (Å²) >= 11 is 4.87. The third kappa shape index (κ3) is 43.0. The summed E-state index contributed by atoms with van der Waals surface area (Å²) in [6, 6.07) is 0. The third-order valence-electron chi connectivity index (χ3n) is 0.336. The van der Waals surface area contributed by atoms with Gasteiger partial charge in [-0.1, -0.05) is 6.58 Å². The first kappa shape index (κ1) is 13.2. The zero-order valence-corrected chi connectivity index (χ0v) is 7.18. The quantitative estimate of drug-likeness (QED) is 0.371. The van der Waals surface area contributed by atoms with E-state index in [9.17, 15) is 4.79 Å². The first-order valence-corrected chi connectivity index (χ1v) is 3.97. The summed E-state index contributed by atoms with van der Waals surface area (Å²) < 4.78 is 31.6. The number of rotatable bonds is 1. The van der Waals surface area contributed by atoms with Crippen LogP contribution in [0.4, 0.5) is 0 Å². The largest absolute Gasteiger partial charge is 0.394 e. The molecule has 0 aromatic heterocycles. The van der Waals surface area contributed by atoms with Crippen LogP contribution in [0, 0.1) is 0 Å². The van der Waals surface area contributed by atoms with Crippen LogP contribution < -0.4 is 0 Å². The fraction of sp³-hybridized carbons (Fsp3) is 0.250. The molecule has 66 valence electrons. The predicted octanol–water partition coefficient (Wildman–Crippen LogP) is 0.675. The Balaban J connectivity index is 0. The molecule has 7 heteroatoms. The van der Waals surface area contributed by atoms with Gasteiger partial charge >= 0.3 is 10.4 Å². The summed E-state index contributed by atoms with van der Waals surface area (Å²) in [6.07, 6.45) is 0. The maximum atomic E-state index is 9.81. The lowest BCUT2D eigenvalue weighted by Crippen LogP contribution is -1.89. The van der Waals surface area contributed by atoms with Gasteiger partial charge in [-0.25, -0.2) is 0 Å². The summed E-state index contributed by atoms with van der Waals surface area (Å²) in [5.74, 6) is 0. The highest BCUT2D eigenvalue weighted by atomic mass is 35.5. The Bertz CT molecular complexity index is 221. The van der Waals surface area contributed by atoms with Crippen LogP contribution in [-0.4, -0.2) is 22.8 Å². The Hall–Kier alpha value is -0.430. The van der Waals surface area contributed by atoms with Crippen LogP contribution in [0.5, 0.6) is 0 Å². The van der Waals surface area contributed by atoms with Gasteiger partial charge in [0, 0.05) is 5.57 Å². The molecule has 0 aliphatic rings. The molecule has 0 saturated heterocycles. The van der Waals surface area contributed by atoms with Gasteiger partial charge in [-0.05, 0) is 18.5 Å². The Labute approximate surface area is 69.2 Å². The molecule has 0 saturated carbocycles. The molecule has 0 atom stereocenters. The van der Waals surface area contributed by atoms with Gasteiger partial charge < -0.3 is 0 Å². The van der Waals surface area contributed by atoms with Crippen LogP contribution in [0.25, 0.3) is 0 Å². The molecule has 0 spiro atoms. The van der Waals surface area contributed by atoms with Gasteiger partial charge in [0.05, 0.1) is 0 Å². The van der Waals surface area contributed by atoms with E-state index in [2.05, 4.69) is 6.58 Å². The van der Waals surface area contributed by atoms with Gasteiger partial charge in [0.25, 0.3) is 0 Å². The molecular formula is C4H7ClO5S. The van der Waals surface area contributed by atoms with Crippen LogP contribution in [0.3, 0.4) is 0 Å². The monoisotopic (exact) mass is 202 g/mol. The van der Waals surface area contributed by atoms with Crippen LogP contribution in [0.1, 0.15) is 6.92 Å². The van der Waals surface area contributed by atoms with Crippen molar-refractivity contribution in [2.45, 2.75) is 6.92 Å². The zero-order valence-electron chi connectivity index (χ0n) is 5.61. The molecular weight excluding hydrogens is 196 g/mol. The normalized spacial score (nSPS) is 9.45. The van der Waals surface area contributed by atoms with Crippen LogP contribution in [-0.2, 0) is 15.2 Å². The molecule has 0 rings (SSSR count). The van der Waals surface area contributed by atoms with Crippen molar-refractivity contribution in [2.75, 3.05) is 0 Å². The lowest BCUT2D eigenvalue weighted by atomic mass is 10.4. The summed E-state index contributed by atoms with van der Waals surface area (Å²) in [5.41, 5.74) is 0.386. The molecule has 0 radical (unpaired) electrons. The molecule has 0 aliphatic heterocycles. The van der Waals surface area contributed by atoms with E-state index in [4.69, 9.17) is 29.1 Å². The SMILES string of the molecule is C=C(C)C(=O)Cl.O=S(=O)(O)O. The molecule has 0 unspecified atom stereocenters. The summed E-state index contributed by atoms with van der Waals surface area (Å²) in [7, 11) is -4.67. The van der Waals surface area contributed by atoms with Gasteiger partial charge in [0.15, 0.2) is 0 Å². The van der Waals surface area contributed by atoms with Gasteiger partial charge in [0.1, 0.15) is 0 Å². The average Bonchev–Trinajstić information content (AvgIpc) is 1.59. The van der Waals surface area contributed by atoms with Crippen molar-refractivity contribution in [3.05, 3.63) is 12.2 Å². The van der Waals surface area contributed by atoms with E-state index in [0.29, 0.717) is 5.57 Å². The summed E-state index contributed by atoms with van der Waals surface area (Å²) in [5, 5.41) is -0.463. The smallest absolute Gasteiger partial charge is 0.276 e. The van der Waals surface area contributed by atoms with Gasteiger partial charge in [0.2, 0.25) is 5.24 Å². The molecule has 0 amide bonds. The molecule has 11 heavy (non-hydrogen) atoms. The number of carbonyl (C=O) groups is 1. The number of allylic oxidation sites excluding steroid dienone is 1. The first-order valence-electron chi connectivity index (χ1n) is 2.20. The second-order valence-corrected chi connectivity index (χ2v) is 2.74. The number of halogens is 1. The second kappa shape index (κ2) is 5.25. The highest BCUT2D eigenvalue weighted by molar-refractivity contribution is 7.79. The molecule has 0 aliphatic carbocycles.